The van der Waals surface area contributed by atoms with Crippen molar-refractivity contribution in [1.29, 1.82) is 0 Å². The van der Waals surface area contributed by atoms with Crippen LogP contribution in [0.1, 0.15) is 0 Å². The molecule has 0 aliphatic carbocycles. The highest BCUT2D eigenvalue weighted by atomic mass is 32.2. The first-order valence-electron chi connectivity index (χ1n) is 14.5. The van der Waals surface area contributed by atoms with Gasteiger partial charge in [-0.25, -0.2) is 29.9 Å². The van der Waals surface area contributed by atoms with E-state index in [1.807, 2.05) is 134 Å². The standard InChI is InChI=1S/C32H26N10S6/c1-7-19-33-25(13-1)43-31-32(44-26-14-2-8-20-34-26)40(46-28-16-4-10-22-36-28)42(48-30-18-6-12-24-38-30)41(47-29-17-5-11-23-37-29)39(31)45-27-15-3-9-21-35-27/h1-24,31-32H. The highest BCUT2D eigenvalue weighted by Crippen LogP contribution is 2.53. The molecule has 7 rings (SSSR count). The molecule has 1 saturated heterocycles. The van der Waals surface area contributed by atoms with Gasteiger partial charge in [0.2, 0.25) is 0 Å². The van der Waals surface area contributed by atoms with Gasteiger partial charge in [0.05, 0.1) is 10.1 Å². The smallest absolute Gasteiger partial charge is 0.118 e. The Morgan fingerprint density at radius 1 is 0.333 bits per heavy atom. The third-order valence-corrected chi connectivity index (χ3v) is 13.1. The number of hydrogen-bond donors (Lipinski definition) is 0. The summed E-state index contributed by atoms with van der Waals surface area (Å²) >= 11 is 9.43. The Hall–Kier alpha value is -3.16. The van der Waals surface area contributed by atoms with Gasteiger partial charge in [-0.1, -0.05) is 69.0 Å². The van der Waals surface area contributed by atoms with Crippen molar-refractivity contribution >= 4 is 71.3 Å². The van der Waals surface area contributed by atoms with Crippen LogP contribution in [-0.4, -0.2) is 58.5 Å². The Morgan fingerprint density at radius 3 is 0.875 bits per heavy atom. The molecule has 0 saturated carbocycles. The van der Waals surface area contributed by atoms with E-state index in [2.05, 4.69) is 17.9 Å². The van der Waals surface area contributed by atoms with Crippen LogP contribution in [0.2, 0.25) is 0 Å². The van der Waals surface area contributed by atoms with E-state index >= 15 is 0 Å². The molecule has 0 radical (unpaired) electrons. The van der Waals surface area contributed by atoms with Crippen molar-refractivity contribution < 1.29 is 0 Å². The van der Waals surface area contributed by atoms with E-state index in [0.717, 1.165) is 30.2 Å². The molecule has 1 fully saturated rings. The highest BCUT2D eigenvalue weighted by molar-refractivity contribution is 8.06. The van der Waals surface area contributed by atoms with E-state index in [4.69, 9.17) is 29.9 Å². The minimum absolute atomic E-state index is 0.244. The van der Waals surface area contributed by atoms with Crippen LogP contribution in [-0.2, 0) is 0 Å². The molecular formula is C32H26N10S6. The number of aromatic nitrogens is 6. The Labute approximate surface area is 304 Å². The molecule has 1 aliphatic heterocycles. The quantitative estimate of drug-likeness (QED) is 0.112. The molecule has 10 nitrogen and oxygen atoms in total. The van der Waals surface area contributed by atoms with Crippen molar-refractivity contribution in [3.8, 4) is 0 Å². The fraction of sp³-hybridized carbons (Fsp3) is 0.0625. The van der Waals surface area contributed by atoms with Crippen LogP contribution in [0.4, 0.5) is 0 Å². The van der Waals surface area contributed by atoms with E-state index in [1.165, 1.54) is 23.9 Å². The van der Waals surface area contributed by atoms with E-state index in [9.17, 15) is 0 Å². The van der Waals surface area contributed by atoms with Gasteiger partial charge in [0, 0.05) is 61.1 Å². The van der Waals surface area contributed by atoms with Gasteiger partial charge in [-0.2, -0.15) is 0 Å². The fourth-order valence-electron chi connectivity index (χ4n) is 4.14. The number of hydrogen-bond acceptors (Lipinski definition) is 16. The topological polar surface area (TPSA) is 90.3 Å². The molecule has 2 atom stereocenters. The van der Waals surface area contributed by atoms with Crippen molar-refractivity contribution in [3.63, 3.8) is 0 Å². The number of thioether (sulfide) groups is 2. The number of nitrogens with zero attached hydrogens (tertiary/aromatic N) is 10. The van der Waals surface area contributed by atoms with E-state index in [1.54, 1.807) is 59.8 Å². The number of rotatable bonds is 12. The SMILES string of the molecule is c1ccc(SC2C(Sc3ccccn3)N(Sc3ccccn3)N(Sc3ccccn3)N(Sc3ccccn3)N2Sc2ccccn2)nc1. The zero-order valence-corrected chi connectivity index (χ0v) is 29.8. The number of hydrazine groups is 3. The van der Waals surface area contributed by atoms with Gasteiger partial charge in [0.1, 0.15) is 30.9 Å². The van der Waals surface area contributed by atoms with Crippen molar-refractivity contribution in [2.24, 2.45) is 0 Å². The fourth-order valence-corrected chi connectivity index (χ4v) is 10.9. The molecule has 16 heteroatoms. The Morgan fingerprint density at radius 2 is 0.604 bits per heavy atom. The van der Waals surface area contributed by atoms with E-state index in [0.29, 0.717) is 0 Å². The lowest BCUT2D eigenvalue weighted by molar-refractivity contribution is -0.112. The molecule has 6 aromatic rings. The molecule has 1 aliphatic rings. The summed E-state index contributed by atoms with van der Waals surface area (Å²) in [7, 11) is 0. The largest absolute Gasteiger partial charge is 0.250 e. The second-order valence-electron chi connectivity index (χ2n) is 9.50. The predicted molar refractivity (Wildman–Crippen MR) is 195 cm³/mol. The van der Waals surface area contributed by atoms with Crippen molar-refractivity contribution in [2.45, 2.75) is 40.9 Å². The monoisotopic (exact) mass is 742 g/mol. The minimum Gasteiger partial charge on any atom is -0.250 e. The highest BCUT2D eigenvalue weighted by Gasteiger charge is 2.50. The third-order valence-electron chi connectivity index (χ3n) is 6.20. The summed E-state index contributed by atoms with van der Waals surface area (Å²) in [4.78, 5) is 28.3. The zero-order valence-electron chi connectivity index (χ0n) is 24.9. The Balaban J connectivity index is 1.41. The molecular weight excluding hydrogens is 717 g/mol. The lowest BCUT2D eigenvalue weighted by atomic mass is 10.5. The van der Waals surface area contributed by atoms with Crippen LogP contribution in [0.15, 0.2) is 177 Å². The van der Waals surface area contributed by atoms with Crippen LogP contribution in [0.25, 0.3) is 0 Å². The molecule has 0 aromatic carbocycles. The first kappa shape index (κ1) is 33.3. The van der Waals surface area contributed by atoms with E-state index in [-0.39, 0.29) is 10.7 Å². The van der Waals surface area contributed by atoms with Gasteiger partial charge in [-0.3, -0.25) is 0 Å². The summed E-state index contributed by atoms with van der Waals surface area (Å²) in [6.07, 6.45) is 10.9. The summed E-state index contributed by atoms with van der Waals surface area (Å²) in [5.41, 5.74) is 0. The second-order valence-corrected chi connectivity index (χ2v) is 15.6. The molecule has 7 heterocycles. The molecule has 0 amide bonds. The van der Waals surface area contributed by atoms with Gasteiger partial charge in [0.15, 0.2) is 0 Å². The van der Waals surface area contributed by atoms with Crippen LogP contribution >= 0.6 is 71.3 Å². The van der Waals surface area contributed by atoms with Gasteiger partial charge in [0.25, 0.3) is 0 Å². The zero-order chi connectivity index (χ0) is 32.4. The molecule has 6 aromatic heterocycles. The number of pyridine rings is 6. The van der Waals surface area contributed by atoms with Crippen molar-refractivity contribution in [2.75, 3.05) is 0 Å². The summed E-state index contributed by atoms with van der Waals surface area (Å²) in [5.74, 6) is 0. The van der Waals surface area contributed by atoms with Gasteiger partial charge < -0.3 is 0 Å². The second kappa shape index (κ2) is 17.0. The lowest BCUT2D eigenvalue weighted by Gasteiger charge is -2.53. The van der Waals surface area contributed by atoms with Gasteiger partial charge in [-0.05, 0) is 96.7 Å². The maximum Gasteiger partial charge on any atom is 0.118 e. The van der Waals surface area contributed by atoms with Crippen LogP contribution in [0, 0.1) is 0 Å². The maximum atomic E-state index is 4.74. The van der Waals surface area contributed by atoms with E-state index < -0.39 is 0 Å². The Kier molecular flexibility index (Phi) is 11.8. The van der Waals surface area contributed by atoms with Crippen LogP contribution < -0.4 is 0 Å². The van der Waals surface area contributed by atoms with Gasteiger partial charge in [-0.15, -0.1) is 8.83 Å². The summed E-state index contributed by atoms with van der Waals surface area (Å²) in [5, 5.41) is 4.59. The van der Waals surface area contributed by atoms with Gasteiger partial charge >= 0.3 is 0 Å². The Bertz CT molecular complexity index is 1460. The molecule has 2 unspecified atom stereocenters. The summed E-state index contributed by atoms with van der Waals surface area (Å²) in [6.45, 7) is 0. The van der Waals surface area contributed by atoms with Crippen molar-refractivity contribution in [3.05, 3.63) is 146 Å². The minimum atomic E-state index is -0.244. The van der Waals surface area contributed by atoms with Crippen molar-refractivity contribution in [1.82, 2.24) is 47.8 Å². The third kappa shape index (κ3) is 8.70. The predicted octanol–water partition coefficient (Wildman–Crippen LogP) is 8.39. The lowest BCUT2D eigenvalue weighted by Crippen LogP contribution is -2.63. The van der Waals surface area contributed by atoms with Crippen LogP contribution in [0.3, 0.4) is 0 Å². The van der Waals surface area contributed by atoms with Crippen LogP contribution in [0.5, 0.6) is 0 Å². The molecule has 48 heavy (non-hydrogen) atoms. The summed E-state index contributed by atoms with van der Waals surface area (Å²) in [6, 6.07) is 35.7. The summed E-state index contributed by atoms with van der Waals surface area (Å²) < 4.78 is 8.72. The first-order chi connectivity index (χ1) is 23.8. The maximum absolute atomic E-state index is 4.74. The molecule has 240 valence electrons. The average molecular weight is 743 g/mol. The molecule has 0 spiro atoms. The molecule has 0 bridgehead atoms. The normalized spacial score (nSPS) is 17.8. The first-order valence-corrected chi connectivity index (χ1v) is 19.4. The molecule has 0 N–H and O–H groups in total. The average Bonchev–Trinajstić information content (AvgIpc) is 3.15.